The Bertz CT molecular complexity index is 1170. The number of aromatic nitrogens is 1. The van der Waals surface area contributed by atoms with Gasteiger partial charge in [0.15, 0.2) is 0 Å². The summed E-state index contributed by atoms with van der Waals surface area (Å²) in [4.78, 5) is 13.8. The molecule has 2 aromatic carbocycles. The van der Waals surface area contributed by atoms with Gasteiger partial charge in [0, 0.05) is 42.0 Å². The summed E-state index contributed by atoms with van der Waals surface area (Å²) >= 11 is 0. The lowest BCUT2D eigenvalue weighted by atomic mass is 9.80. The number of carbonyl (C=O) groups is 1. The van der Waals surface area contributed by atoms with Gasteiger partial charge in [-0.25, -0.2) is 13.6 Å². The van der Waals surface area contributed by atoms with Crippen molar-refractivity contribution in [2.24, 2.45) is 0 Å². The van der Waals surface area contributed by atoms with E-state index in [1.54, 1.807) is 24.3 Å². The van der Waals surface area contributed by atoms with Crippen LogP contribution in [-0.2, 0) is 13.1 Å². The van der Waals surface area contributed by atoms with Crippen molar-refractivity contribution in [3.63, 3.8) is 0 Å². The fourth-order valence-corrected chi connectivity index (χ4v) is 5.38. The number of hydrogen-bond acceptors (Lipinski definition) is 2. The maximum Gasteiger partial charge on any atom is 0.335 e. The van der Waals surface area contributed by atoms with Gasteiger partial charge >= 0.3 is 5.97 Å². The first-order valence-corrected chi connectivity index (χ1v) is 10.9. The molecule has 0 unspecified atom stereocenters. The van der Waals surface area contributed by atoms with Crippen LogP contribution in [0.5, 0.6) is 0 Å². The smallest absolute Gasteiger partial charge is 0.335 e. The molecule has 1 aliphatic heterocycles. The molecule has 1 N–H and O–H groups in total. The molecule has 2 heterocycles. The van der Waals surface area contributed by atoms with Gasteiger partial charge in [-0.1, -0.05) is 18.9 Å². The number of likely N-dealkylation sites (N-methyl/N-ethyl adjacent to an activating group) is 1. The average molecular weight is 424 g/mol. The van der Waals surface area contributed by atoms with Crippen LogP contribution >= 0.6 is 0 Å². The predicted octanol–water partition coefficient (Wildman–Crippen LogP) is 5.59. The molecule has 1 fully saturated rings. The summed E-state index contributed by atoms with van der Waals surface area (Å²) in [5, 5.41) is 10.5. The quantitative estimate of drug-likeness (QED) is 0.584. The van der Waals surface area contributed by atoms with E-state index in [-0.39, 0.29) is 17.3 Å². The number of alkyl halides is 1. The van der Waals surface area contributed by atoms with E-state index in [1.807, 2.05) is 13.1 Å². The number of carboxylic acids is 1. The summed E-state index contributed by atoms with van der Waals surface area (Å²) in [7, 11) is 1.99. The summed E-state index contributed by atoms with van der Waals surface area (Å²) < 4.78 is 31.5. The molecular formula is C25H26F2N2O2. The highest BCUT2D eigenvalue weighted by Gasteiger charge is 2.34. The highest BCUT2D eigenvalue weighted by atomic mass is 19.1. The van der Waals surface area contributed by atoms with E-state index in [2.05, 4.69) is 9.47 Å². The Morgan fingerprint density at radius 1 is 1.10 bits per heavy atom. The lowest BCUT2D eigenvalue weighted by molar-refractivity contribution is 0.0697. The van der Waals surface area contributed by atoms with E-state index in [9.17, 15) is 14.3 Å². The summed E-state index contributed by atoms with van der Waals surface area (Å²) in [6.07, 6.45) is 2.25. The number of nitrogens with zero attached hydrogens (tertiary/aromatic N) is 2. The van der Waals surface area contributed by atoms with E-state index in [0.29, 0.717) is 19.5 Å². The van der Waals surface area contributed by atoms with Crippen molar-refractivity contribution >= 4 is 16.9 Å². The van der Waals surface area contributed by atoms with Crippen molar-refractivity contribution in [1.82, 2.24) is 9.47 Å². The fourth-order valence-electron chi connectivity index (χ4n) is 5.38. The van der Waals surface area contributed by atoms with Crippen LogP contribution < -0.4 is 0 Å². The molecule has 2 aliphatic rings. The zero-order chi connectivity index (χ0) is 21.7. The highest BCUT2D eigenvalue weighted by molar-refractivity contribution is 5.98. The van der Waals surface area contributed by atoms with Crippen molar-refractivity contribution in [2.45, 2.75) is 50.9 Å². The second-order valence-corrected chi connectivity index (χ2v) is 8.90. The van der Waals surface area contributed by atoms with Crippen molar-refractivity contribution in [1.29, 1.82) is 0 Å². The molecule has 0 saturated heterocycles. The van der Waals surface area contributed by atoms with Gasteiger partial charge in [0.05, 0.1) is 11.3 Å². The number of hydrogen-bond donors (Lipinski definition) is 1. The molecule has 1 saturated carbocycles. The van der Waals surface area contributed by atoms with Crippen LogP contribution in [0.1, 0.15) is 53.1 Å². The van der Waals surface area contributed by atoms with E-state index >= 15 is 4.39 Å². The Balaban J connectivity index is 1.86. The number of fused-ring (bicyclic) bond motifs is 5. The number of aromatic carboxylic acids is 1. The normalized spacial score (nSPS) is 21.9. The minimum absolute atomic E-state index is 0.217. The monoisotopic (exact) mass is 424 g/mol. The fraction of sp³-hybridized carbons (Fsp3) is 0.400. The maximum atomic E-state index is 15.2. The Morgan fingerprint density at radius 3 is 2.68 bits per heavy atom. The summed E-state index contributed by atoms with van der Waals surface area (Å²) in [6.45, 7) is 2.00. The van der Waals surface area contributed by atoms with Gasteiger partial charge in [0.1, 0.15) is 12.0 Å². The van der Waals surface area contributed by atoms with Crippen LogP contribution in [0, 0.1) is 5.82 Å². The first-order valence-electron chi connectivity index (χ1n) is 10.9. The molecule has 0 amide bonds. The molecule has 0 bridgehead atoms. The molecule has 1 aliphatic carbocycles. The van der Waals surface area contributed by atoms with Gasteiger partial charge in [-0.2, -0.15) is 0 Å². The zero-order valence-electron chi connectivity index (χ0n) is 17.6. The Kier molecular flexibility index (Phi) is 5.05. The minimum Gasteiger partial charge on any atom is -0.478 e. The standard InChI is InChI=1S/C25H26F2N2O2/c1-28-10-11-29-22-13-15(25(30)31)6-8-20(22)23(19-4-2-3-5-21(19)27)24(29)18-9-7-17(26)12-16(18)14-28/h6-9,12-13,19,21H,2-5,10-11,14H2,1H3,(H,30,31)/t19-,21-/m0/s1. The van der Waals surface area contributed by atoms with Gasteiger partial charge < -0.3 is 14.6 Å². The zero-order valence-corrected chi connectivity index (χ0v) is 17.6. The molecule has 31 heavy (non-hydrogen) atoms. The first kappa shape index (κ1) is 20.2. The van der Waals surface area contributed by atoms with Crippen LogP contribution in [0.4, 0.5) is 8.78 Å². The van der Waals surface area contributed by atoms with Gasteiger partial charge in [-0.05, 0) is 61.3 Å². The van der Waals surface area contributed by atoms with Gasteiger partial charge in [0.2, 0.25) is 0 Å². The molecule has 162 valence electrons. The van der Waals surface area contributed by atoms with Gasteiger partial charge in [0.25, 0.3) is 0 Å². The highest BCUT2D eigenvalue weighted by Crippen LogP contribution is 2.46. The third-order valence-corrected chi connectivity index (χ3v) is 6.87. The predicted molar refractivity (Wildman–Crippen MR) is 117 cm³/mol. The van der Waals surface area contributed by atoms with Crippen molar-refractivity contribution < 1.29 is 18.7 Å². The largest absolute Gasteiger partial charge is 0.478 e. The molecule has 3 aromatic rings. The minimum atomic E-state index is -0.981. The molecule has 0 spiro atoms. The van der Waals surface area contributed by atoms with Gasteiger partial charge in [-0.3, -0.25) is 0 Å². The van der Waals surface area contributed by atoms with Crippen LogP contribution in [0.3, 0.4) is 0 Å². The van der Waals surface area contributed by atoms with E-state index in [0.717, 1.165) is 59.1 Å². The summed E-state index contributed by atoms with van der Waals surface area (Å²) in [6, 6.07) is 9.97. The van der Waals surface area contributed by atoms with Crippen molar-refractivity contribution in [3.05, 3.63) is 58.9 Å². The second kappa shape index (κ2) is 7.75. The third-order valence-electron chi connectivity index (χ3n) is 6.87. The molecule has 4 nitrogen and oxygen atoms in total. The second-order valence-electron chi connectivity index (χ2n) is 8.90. The number of carboxylic acid groups (broad SMARTS) is 1. The summed E-state index contributed by atoms with van der Waals surface area (Å²) in [5.74, 6) is -1.50. The Labute approximate surface area is 180 Å². The number of rotatable bonds is 2. The number of benzene rings is 2. The summed E-state index contributed by atoms with van der Waals surface area (Å²) in [5.41, 5.74) is 4.69. The van der Waals surface area contributed by atoms with E-state index in [1.165, 1.54) is 6.07 Å². The molecule has 5 rings (SSSR count). The first-order chi connectivity index (χ1) is 14.9. The molecule has 2 atom stereocenters. The lowest BCUT2D eigenvalue weighted by Gasteiger charge is -2.29. The Morgan fingerprint density at radius 2 is 1.90 bits per heavy atom. The topological polar surface area (TPSA) is 45.5 Å². The van der Waals surface area contributed by atoms with E-state index < -0.39 is 12.1 Å². The van der Waals surface area contributed by atoms with Crippen LogP contribution in [0.15, 0.2) is 36.4 Å². The molecular weight excluding hydrogens is 398 g/mol. The maximum absolute atomic E-state index is 15.2. The third kappa shape index (κ3) is 3.43. The van der Waals surface area contributed by atoms with Crippen LogP contribution in [0.2, 0.25) is 0 Å². The SMILES string of the molecule is CN1CCn2c(c([C@H]3CCCC[C@@H]3F)c3ccc(C(=O)O)cc32)-c2ccc(F)cc2C1. The van der Waals surface area contributed by atoms with E-state index in [4.69, 9.17) is 0 Å². The molecule has 6 heteroatoms. The molecule has 1 aromatic heterocycles. The van der Waals surface area contributed by atoms with Crippen molar-refractivity contribution in [2.75, 3.05) is 13.6 Å². The van der Waals surface area contributed by atoms with Crippen LogP contribution in [-0.4, -0.2) is 40.3 Å². The molecule has 0 radical (unpaired) electrons. The Hall–Kier alpha value is -2.73. The lowest BCUT2D eigenvalue weighted by Crippen LogP contribution is -2.26. The number of halogens is 2. The average Bonchev–Trinajstić information content (AvgIpc) is 3.04. The van der Waals surface area contributed by atoms with Crippen molar-refractivity contribution in [3.8, 4) is 11.3 Å². The van der Waals surface area contributed by atoms with Gasteiger partial charge in [-0.15, -0.1) is 0 Å². The van der Waals surface area contributed by atoms with Crippen LogP contribution in [0.25, 0.3) is 22.2 Å².